The van der Waals surface area contributed by atoms with Crippen LogP contribution in [0.2, 0.25) is 0 Å². The Labute approximate surface area is 62.3 Å². The predicted molar refractivity (Wildman–Crippen MR) is 42.4 cm³/mol. The molecule has 1 heterocycles. The van der Waals surface area contributed by atoms with Crippen LogP contribution < -0.4 is 5.32 Å². The SMILES string of the molecule is C=C1NC(=O)CC1C.CC. The molecule has 10 heavy (non-hydrogen) atoms. The lowest BCUT2D eigenvalue weighted by molar-refractivity contribution is -0.119. The maximum absolute atomic E-state index is 10.5. The Morgan fingerprint density at radius 3 is 2.20 bits per heavy atom. The molecule has 1 atom stereocenters. The average Bonchev–Trinajstić information content (AvgIpc) is 2.16. The van der Waals surface area contributed by atoms with Crippen LogP contribution in [0.5, 0.6) is 0 Å². The Morgan fingerprint density at radius 2 is 2.10 bits per heavy atom. The van der Waals surface area contributed by atoms with Gasteiger partial charge in [-0.1, -0.05) is 27.4 Å². The number of amides is 1. The highest BCUT2D eigenvalue weighted by Crippen LogP contribution is 2.15. The Bertz CT molecular complexity index is 140. The van der Waals surface area contributed by atoms with Crippen LogP contribution >= 0.6 is 0 Å². The monoisotopic (exact) mass is 141 g/mol. The fourth-order valence-corrected chi connectivity index (χ4v) is 0.755. The minimum absolute atomic E-state index is 0.0995. The summed E-state index contributed by atoms with van der Waals surface area (Å²) in [5.74, 6) is 0.435. The standard InChI is InChI=1S/C6H9NO.C2H6/c1-4-3-6(8)7-5(4)2;1-2/h4H,2-3H2,1H3,(H,7,8);1-2H3. The van der Waals surface area contributed by atoms with E-state index < -0.39 is 0 Å². The van der Waals surface area contributed by atoms with Gasteiger partial charge in [0.05, 0.1) is 0 Å². The van der Waals surface area contributed by atoms with Crippen molar-refractivity contribution >= 4 is 5.91 Å². The number of carbonyl (C=O) groups is 1. The molecule has 0 radical (unpaired) electrons. The highest BCUT2D eigenvalue weighted by molar-refractivity contribution is 5.81. The van der Waals surface area contributed by atoms with E-state index >= 15 is 0 Å². The Kier molecular flexibility index (Phi) is 3.77. The van der Waals surface area contributed by atoms with Crippen molar-refractivity contribution in [1.29, 1.82) is 0 Å². The summed E-state index contributed by atoms with van der Waals surface area (Å²) in [6.07, 6.45) is 0.610. The molecule has 1 rings (SSSR count). The van der Waals surface area contributed by atoms with E-state index in [4.69, 9.17) is 0 Å². The zero-order chi connectivity index (χ0) is 8.15. The third kappa shape index (κ3) is 2.21. The van der Waals surface area contributed by atoms with Crippen molar-refractivity contribution in [1.82, 2.24) is 5.32 Å². The van der Waals surface area contributed by atoms with Crippen LogP contribution in [-0.2, 0) is 4.79 Å². The van der Waals surface area contributed by atoms with E-state index in [0.29, 0.717) is 12.3 Å². The van der Waals surface area contributed by atoms with E-state index in [2.05, 4.69) is 11.9 Å². The number of nitrogens with one attached hydrogen (secondary N) is 1. The molecule has 0 aliphatic carbocycles. The molecule has 1 aliphatic rings. The molecule has 1 fully saturated rings. The van der Waals surface area contributed by atoms with Gasteiger partial charge < -0.3 is 5.32 Å². The van der Waals surface area contributed by atoms with Crippen molar-refractivity contribution in [2.45, 2.75) is 27.2 Å². The van der Waals surface area contributed by atoms with E-state index in [1.807, 2.05) is 20.8 Å². The molecule has 1 unspecified atom stereocenters. The van der Waals surface area contributed by atoms with Crippen molar-refractivity contribution < 1.29 is 4.79 Å². The quantitative estimate of drug-likeness (QED) is 0.546. The van der Waals surface area contributed by atoms with Crippen LogP contribution in [-0.4, -0.2) is 5.91 Å². The summed E-state index contributed by atoms with van der Waals surface area (Å²) in [6, 6.07) is 0. The third-order valence-corrected chi connectivity index (χ3v) is 1.39. The summed E-state index contributed by atoms with van der Waals surface area (Å²) >= 11 is 0. The molecule has 1 saturated heterocycles. The summed E-state index contributed by atoms with van der Waals surface area (Å²) < 4.78 is 0. The number of hydrogen-bond acceptors (Lipinski definition) is 1. The van der Waals surface area contributed by atoms with Crippen molar-refractivity contribution in [3.8, 4) is 0 Å². The molecule has 58 valence electrons. The molecule has 0 saturated carbocycles. The molecule has 0 aromatic heterocycles. The normalized spacial score (nSPS) is 23.3. The lowest BCUT2D eigenvalue weighted by Gasteiger charge is -1.95. The summed E-state index contributed by atoms with van der Waals surface area (Å²) in [4.78, 5) is 10.5. The number of rotatable bonds is 0. The fourth-order valence-electron chi connectivity index (χ4n) is 0.755. The van der Waals surface area contributed by atoms with Gasteiger partial charge in [-0.05, 0) is 0 Å². The molecule has 1 aliphatic heterocycles. The van der Waals surface area contributed by atoms with Gasteiger partial charge in [-0.3, -0.25) is 4.79 Å². The van der Waals surface area contributed by atoms with E-state index in [1.54, 1.807) is 0 Å². The molecule has 0 spiro atoms. The first-order valence-corrected chi connectivity index (χ1v) is 3.69. The van der Waals surface area contributed by atoms with Crippen LogP contribution in [0.15, 0.2) is 12.3 Å². The minimum atomic E-state index is 0.0995. The van der Waals surface area contributed by atoms with Gasteiger partial charge in [0.1, 0.15) is 0 Å². The second-order valence-corrected chi connectivity index (χ2v) is 2.18. The molecular formula is C8H15NO. The molecule has 0 aromatic rings. The highest BCUT2D eigenvalue weighted by Gasteiger charge is 2.20. The smallest absolute Gasteiger partial charge is 0.224 e. The maximum Gasteiger partial charge on any atom is 0.224 e. The number of hydrogen-bond donors (Lipinski definition) is 1. The van der Waals surface area contributed by atoms with Gasteiger partial charge >= 0.3 is 0 Å². The molecule has 0 aromatic carbocycles. The maximum atomic E-state index is 10.5. The summed E-state index contributed by atoms with van der Waals surface area (Å²) in [5.41, 5.74) is 0.856. The Morgan fingerprint density at radius 1 is 1.60 bits per heavy atom. The number of allylic oxidation sites excluding steroid dienone is 1. The van der Waals surface area contributed by atoms with Gasteiger partial charge in [-0.2, -0.15) is 0 Å². The molecule has 1 N–H and O–H groups in total. The van der Waals surface area contributed by atoms with Crippen LogP contribution in [0.25, 0.3) is 0 Å². The fraction of sp³-hybridized carbons (Fsp3) is 0.625. The van der Waals surface area contributed by atoms with Gasteiger partial charge in [0.15, 0.2) is 0 Å². The first kappa shape index (κ1) is 9.21. The molecule has 2 nitrogen and oxygen atoms in total. The van der Waals surface area contributed by atoms with Crippen LogP contribution in [0.1, 0.15) is 27.2 Å². The Balaban J connectivity index is 0.000000371. The van der Waals surface area contributed by atoms with E-state index in [-0.39, 0.29) is 5.91 Å². The number of carbonyl (C=O) groups excluding carboxylic acids is 1. The molecule has 0 bridgehead atoms. The summed E-state index contributed by atoms with van der Waals surface area (Å²) in [5, 5.41) is 2.63. The van der Waals surface area contributed by atoms with Crippen molar-refractivity contribution in [3.63, 3.8) is 0 Å². The van der Waals surface area contributed by atoms with Crippen LogP contribution in [0.3, 0.4) is 0 Å². The van der Waals surface area contributed by atoms with Crippen LogP contribution in [0, 0.1) is 5.92 Å². The minimum Gasteiger partial charge on any atom is -0.330 e. The van der Waals surface area contributed by atoms with Gasteiger partial charge in [-0.15, -0.1) is 0 Å². The first-order valence-electron chi connectivity index (χ1n) is 3.69. The first-order chi connectivity index (χ1) is 4.70. The van der Waals surface area contributed by atoms with Gasteiger partial charge in [-0.25, -0.2) is 0 Å². The topological polar surface area (TPSA) is 29.1 Å². The second-order valence-electron chi connectivity index (χ2n) is 2.18. The predicted octanol–water partition coefficient (Wildman–Crippen LogP) is 1.68. The second kappa shape index (κ2) is 4.09. The lowest BCUT2D eigenvalue weighted by Crippen LogP contribution is -2.10. The average molecular weight is 141 g/mol. The van der Waals surface area contributed by atoms with E-state index in [1.165, 1.54) is 0 Å². The van der Waals surface area contributed by atoms with E-state index in [0.717, 1.165) is 5.70 Å². The van der Waals surface area contributed by atoms with Crippen molar-refractivity contribution in [2.24, 2.45) is 5.92 Å². The van der Waals surface area contributed by atoms with Crippen LogP contribution in [0.4, 0.5) is 0 Å². The van der Waals surface area contributed by atoms with E-state index in [9.17, 15) is 4.79 Å². The zero-order valence-corrected chi connectivity index (χ0v) is 6.90. The molecule has 1 amide bonds. The largest absolute Gasteiger partial charge is 0.330 e. The molecule has 2 heteroatoms. The summed E-state index contributed by atoms with van der Waals surface area (Å²) in [7, 11) is 0. The highest BCUT2D eigenvalue weighted by atomic mass is 16.1. The Hall–Kier alpha value is -0.790. The van der Waals surface area contributed by atoms with Crippen molar-refractivity contribution in [3.05, 3.63) is 12.3 Å². The zero-order valence-electron chi connectivity index (χ0n) is 6.90. The van der Waals surface area contributed by atoms with Gasteiger partial charge in [0.25, 0.3) is 0 Å². The summed E-state index contributed by atoms with van der Waals surface area (Å²) in [6.45, 7) is 9.64. The van der Waals surface area contributed by atoms with Crippen molar-refractivity contribution in [2.75, 3.05) is 0 Å². The molecular weight excluding hydrogens is 126 g/mol. The lowest BCUT2D eigenvalue weighted by atomic mass is 10.1. The van der Waals surface area contributed by atoms with Gasteiger partial charge in [0.2, 0.25) is 5.91 Å². The third-order valence-electron chi connectivity index (χ3n) is 1.39. The van der Waals surface area contributed by atoms with Gasteiger partial charge in [0, 0.05) is 18.0 Å².